The second-order valence-electron chi connectivity index (χ2n) is 4.35. The van der Waals surface area contributed by atoms with Gasteiger partial charge in [-0.2, -0.15) is 0 Å². The molecule has 0 heterocycles. The van der Waals surface area contributed by atoms with Gasteiger partial charge in [-0.1, -0.05) is 30.7 Å². The normalized spacial score (nSPS) is 11.3. The summed E-state index contributed by atoms with van der Waals surface area (Å²) in [5, 5.41) is 0.136. The highest BCUT2D eigenvalue weighted by Gasteiger charge is 2.18. The number of hydrogen-bond acceptors (Lipinski definition) is 3. The Morgan fingerprint density at radius 2 is 1.80 bits per heavy atom. The Morgan fingerprint density at radius 1 is 1.15 bits per heavy atom. The molecule has 0 aliphatic rings. The SMILES string of the molecule is CCc1ccc(NS(=O)(=O)c2cc(N)ccc2Cl)cc1. The first-order valence-corrected chi connectivity index (χ1v) is 7.95. The van der Waals surface area contributed by atoms with E-state index in [1.165, 1.54) is 12.1 Å². The molecular formula is C14H15ClN2O2S. The molecule has 3 N–H and O–H groups in total. The van der Waals surface area contributed by atoms with Gasteiger partial charge < -0.3 is 5.73 Å². The van der Waals surface area contributed by atoms with Crippen LogP contribution in [0.1, 0.15) is 12.5 Å². The molecule has 0 unspecified atom stereocenters. The zero-order valence-electron chi connectivity index (χ0n) is 10.9. The first-order valence-electron chi connectivity index (χ1n) is 6.09. The molecule has 2 aromatic carbocycles. The van der Waals surface area contributed by atoms with E-state index in [2.05, 4.69) is 4.72 Å². The molecule has 0 radical (unpaired) electrons. The van der Waals surface area contributed by atoms with Gasteiger partial charge in [0.15, 0.2) is 0 Å². The molecule has 2 rings (SSSR count). The summed E-state index contributed by atoms with van der Waals surface area (Å²) in [7, 11) is -3.75. The van der Waals surface area contributed by atoms with E-state index < -0.39 is 10.0 Å². The van der Waals surface area contributed by atoms with Crippen LogP contribution in [0.3, 0.4) is 0 Å². The predicted molar refractivity (Wildman–Crippen MR) is 82.5 cm³/mol. The Hall–Kier alpha value is -1.72. The summed E-state index contributed by atoms with van der Waals surface area (Å²) in [4.78, 5) is -0.0289. The van der Waals surface area contributed by atoms with E-state index in [1.54, 1.807) is 18.2 Å². The molecule has 2 aromatic rings. The Bertz CT molecular complexity index is 712. The molecule has 4 nitrogen and oxygen atoms in total. The second-order valence-corrected chi connectivity index (χ2v) is 6.40. The lowest BCUT2D eigenvalue weighted by Crippen LogP contribution is -2.13. The van der Waals surface area contributed by atoms with E-state index in [9.17, 15) is 8.42 Å². The topological polar surface area (TPSA) is 72.2 Å². The zero-order chi connectivity index (χ0) is 14.8. The third-order valence-corrected chi connectivity index (χ3v) is 4.72. The van der Waals surface area contributed by atoms with Crippen LogP contribution in [0.5, 0.6) is 0 Å². The average molecular weight is 311 g/mol. The second kappa shape index (κ2) is 5.73. The number of aryl methyl sites for hydroxylation is 1. The summed E-state index contributed by atoms with van der Waals surface area (Å²) in [5.74, 6) is 0. The summed E-state index contributed by atoms with van der Waals surface area (Å²) in [6.07, 6.45) is 0.897. The molecule has 0 fully saturated rings. The minimum absolute atomic E-state index is 0.0289. The first-order chi connectivity index (χ1) is 9.42. The monoisotopic (exact) mass is 310 g/mol. The fraction of sp³-hybridized carbons (Fsp3) is 0.143. The zero-order valence-corrected chi connectivity index (χ0v) is 12.5. The number of hydrogen-bond donors (Lipinski definition) is 2. The number of rotatable bonds is 4. The van der Waals surface area contributed by atoms with E-state index >= 15 is 0 Å². The molecule has 6 heteroatoms. The van der Waals surface area contributed by atoms with Gasteiger partial charge in [0.2, 0.25) is 0 Å². The summed E-state index contributed by atoms with van der Waals surface area (Å²) in [6.45, 7) is 2.03. The van der Waals surface area contributed by atoms with E-state index in [1.807, 2.05) is 19.1 Å². The highest BCUT2D eigenvalue weighted by atomic mass is 35.5. The number of halogens is 1. The average Bonchev–Trinajstić information content (AvgIpc) is 2.42. The van der Waals surface area contributed by atoms with Gasteiger partial charge in [-0.15, -0.1) is 0 Å². The quantitative estimate of drug-likeness (QED) is 0.851. The van der Waals surface area contributed by atoms with Gasteiger partial charge in [-0.3, -0.25) is 4.72 Å². The van der Waals surface area contributed by atoms with Crippen molar-refractivity contribution in [2.45, 2.75) is 18.2 Å². The van der Waals surface area contributed by atoms with E-state index in [4.69, 9.17) is 17.3 Å². The Balaban J connectivity index is 2.32. The fourth-order valence-corrected chi connectivity index (χ4v) is 3.34. The molecule has 0 saturated heterocycles. The molecule has 0 aromatic heterocycles. The van der Waals surface area contributed by atoms with Crippen molar-refractivity contribution in [3.63, 3.8) is 0 Å². The predicted octanol–water partition coefficient (Wildman–Crippen LogP) is 3.29. The molecular weight excluding hydrogens is 296 g/mol. The Morgan fingerprint density at radius 3 is 2.40 bits per heavy atom. The van der Waals surface area contributed by atoms with Gasteiger partial charge in [0.05, 0.1) is 5.02 Å². The van der Waals surface area contributed by atoms with Crippen molar-refractivity contribution < 1.29 is 8.42 Å². The van der Waals surface area contributed by atoms with Gasteiger partial charge in [0, 0.05) is 11.4 Å². The molecule has 106 valence electrons. The summed E-state index contributed by atoms with van der Waals surface area (Å²) < 4.78 is 27.0. The highest BCUT2D eigenvalue weighted by molar-refractivity contribution is 7.92. The van der Waals surface area contributed by atoms with Gasteiger partial charge in [0.1, 0.15) is 4.90 Å². The van der Waals surface area contributed by atoms with Gasteiger partial charge in [-0.05, 0) is 42.3 Å². The standard InChI is InChI=1S/C14H15ClN2O2S/c1-2-10-3-6-12(7-4-10)17-20(18,19)14-9-11(16)5-8-13(14)15/h3-9,17H,2,16H2,1H3. The van der Waals surface area contributed by atoms with Crippen molar-refractivity contribution >= 4 is 33.0 Å². The largest absolute Gasteiger partial charge is 0.399 e. The fourth-order valence-electron chi connectivity index (χ4n) is 1.74. The molecule has 0 aliphatic heterocycles. The molecule has 0 amide bonds. The Kier molecular flexibility index (Phi) is 4.20. The van der Waals surface area contributed by atoms with E-state index in [0.29, 0.717) is 11.4 Å². The minimum Gasteiger partial charge on any atom is -0.399 e. The van der Waals surface area contributed by atoms with Crippen LogP contribution < -0.4 is 10.5 Å². The van der Waals surface area contributed by atoms with Crippen molar-refractivity contribution in [2.24, 2.45) is 0 Å². The number of benzene rings is 2. The lowest BCUT2D eigenvalue weighted by atomic mass is 10.2. The smallest absolute Gasteiger partial charge is 0.263 e. The van der Waals surface area contributed by atoms with Crippen molar-refractivity contribution in [2.75, 3.05) is 10.5 Å². The molecule has 0 bridgehead atoms. The van der Waals surface area contributed by atoms with Gasteiger partial charge >= 0.3 is 0 Å². The lowest BCUT2D eigenvalue weighted by molar-refractivity contribution is 0.601. The summed E-state index contributed by atoms with van der Waals surface area (Å²) in [5.41, 5.74) is 7.57. The maximum Gasteiger partial charge on any atom is 0.263 e. The Labute approximate surface area is 123 Å². The maximum atomic E-state index is 12.3. The molecule has 0 atom stereocenters. The van der Waals surface area contributed by atoms with E-state index in [-0.39, 0.29) is 9.92 Å². The number of anilines is 2. The van der Waals surface area contributed by atoms with Gasteiger partial charge in [0.25, 0.3) is 10.0 Å². The highest BCUT2D eigenvalue weighted by Crippen LogP contribution is 2.25. The molecule has 0 saturated carbocycles. The van der Waals surface area contributed by atoms with Crippen molar-refractivity contribution in [3.05, 3.63) is 53.1 Å². The van der Waals surface area contributed by atoms with Crippen LogP contribution in [0.2, 0.25) is 5.02 Å². The molecule has 0 spiro atoms. The minimum atomic E-state index is -3.75. The number of sulfonamides is 1. The van der Waals surface area contributed by atoms with Crippen LogP contribution in [0.15, 0.2) is 47.4 Å². The van der Waals surface area contributed by atoms with Crippen LogP contribution in [0.25, 0.3) is 0 Å². The van der Waals surface area contributed by atoms with Crippen LogP contribution in [0, 0.1) is 0 Å². The summed E-state index contributed by atoms with van der Waals surface area (Å²) in [6, 6.07) is 11.5. The van der Waals surface area contributed by atoms with Crippen LogP contribution in [-0.2, 0) is 16.4 Å². The third-order valence-electron chi connectivity index (χ3n) is 2.86. The van der Waals surface area contributed by atoms with Crippen LogP contribution in [-0.4, -0.2) is 8.42 Å². The number of nitrogen functional groups attached to an aromatic ring is 1. The maximum absolute atomic E-state index is 12.3. The third kappa shape index (κ3) is 3.23. The van der Waals surface area contributed by atoms with Crippen molar-refractivity contribution in [1.29, 1.82) is 0 Å². The van der Waals surface area contributed by atoms with Crippen molar-refractivity contribution in [3.8, 4) is 0 Å². The first kappa shape index (κ1) is 14.7. The lowest BCUT2D eigenvalue weighted by Gasteiger charge is -2.10. The summed E-state index contributed by atoms with van der Waals surface area (Å²) >= 11 is 5.92. The van der Waals surface area contributed by atoms with Crippen LogP contribution >= 0.6 is 11.6 Å². The number of nitrogens with two attached hydrogens (primary N) is 1. The number of nitrogens with one attached hydrogen (secondary N) is 1. The van der Waals surface area contributed by atoms with E-state index in [0.717, 1.165) is 12.0 Å². The molecule has 0 aliphatic carbocycles. The van der Waals surface area contributed by atoms with Gasteiger partial charge in [-0.25, -0.2) is 8.42 Å². The van der Waals surface area contributed by atoms with Crippen LogP contribution in [0.4, 0.5) is 11.4 Å². The molecule has 20 heavy (non-hydrogen) atoms. The van der Waals surface area contributed by atoms with Crippen molar-refractivity contribution in [1.82, 2.24) is 0 Å².